The van der Waals surface area contributed by atoms with Crippen molar-refractivity contribution in [2.75, 3.05) is 0 Å². The smallest absolute Gasteiger partial charge is 0.341 e. The minimum atomic E-state index is -1.17. The van der Waals surface area contributed by atoms with Gasteiger partial charge in [-0.25, -0.2) is 4.79 Å². The van der Waals surface area contributed by atoms with E-state index in [0.717, 1.165) is 11.1 Å². The molecule has 0 heterocycles. The highest BCUT2D eigenvalue weighted by Gasteiger charge is 2.15. The van der Waals surface area contributed by atoms with Crippen molar-refractivity contribution in [1.82, 2.24) is 0 Å². The Morgan fingerprint density at radius 3 is 2.22 bits per heavy atom. The summed E-state index contributed by atoms with van der Waals surface area (Å²) in [7, 11) is 0. The number of hydrogen-bond donors (Lipinski definition) is 0. The van der Waals surface area contributed by atoms with Crippen LogP contribution in [-0.4, -0.2) is 11.0 Å². The van der Waals surface area contributed by atoms with E-state index >= 15 is 0 Å². The van der Waals surface area contributed by atoms with Crippen LogP contribution in [-0.2, 0) is 4.74 Å². The Morgan fingerprint density at radius 1 is 0.944 bits per heavy atom. The minimum absolute atomic E-state index is 0.440. The first-order chi connectivity index (χ1) is 8.68. The number of hydrogen-bond acceptors (Lipinski definition) is 2. The lowest BCUT2D eigenvalue weighted by Crippen LogP contribution is -2.09. The van der Waals surface area contributed by atoms with E-state index in [1.54, 1.807) is 12.1 Å². The maximum absolute atomic E-state index is 11.9. The minimum Gasteiger partial charge on any atom is -0.428 e. The summed E-state index contributed by atoms with van der Waals surface area (Å²) in [6, 6.07) is 16.7. The quantitative estimate of drug-likeness (QED) is 0.620. The lowest BCUT2D eigenvalue weighted by atomic mass is 10.00. The van der Waals surface area contributed by atoms with E-state index < -0.39 is 11.0 Å². The SMILES string of the molecule is O=C(OC(Cl)Cl)c1ccccc1-c1ccccc1. The number of carbonyl (C=O) groups is 1. The van der Waals surface area contributed by atoms with Gasteiger partial charge >= 0.3 is 5.97 Å². The number of alkyl halides is 2. The number of esters is 1. The first kappa shape index (κ1) is 12.9. The normalized spacial score (nSPS) is 10.4. The fourth-order valence-corrected chi connectivity index (χ4v) is 1.84. The summed E-state index contributed by atoms with van der Waals surface area (Å²) < 4.78 is 4.79. The van der Waals surface area contributed by atoms with Crippen molar-refractivity contribution >= 4 is 29.2 Å². The van der Waals surface area contributed by atoms with Gasteiger partial charge in [-0.1, -0.05) is 71.7 Å². The molecule has 2 nitrogen and oxygen atoms in total. The molecule has 0 N–H and O–H groups in total. The second kappa shape index (κ2) is 5.89. The zero-order chi connectivity index (χ0) is 13.0. The van der Waals surface area contributed by atoms with E-state index in [4.69, 9.17) is 27.9 Å². The molecule has 0 aromatic heterocycles. The largest absolute Gasteiger partial charge is 0.428 e. The van der Waals surface area contributed by atoms with Gasteiger partial charge in [0.25, 0.3) is 5.02 Å². The average molecular weight is 281 g/mol. The van der Waals surface area contributed by atoms with Crippen molar-refractivity contribution in [2.24, 2.45) is 0 Å². The van der Waals surface area contributed by atoms with Crippen LogP contribution in [0.2, 0.25) is 0 Å². The molecule has 0 radical (unpaired) electrons. The van der Waals surface area contributed by atoms with E-state index in [1.165, 1.54) is 0 Å². The van der Waals surface area contributed by atoms with Gasteiger partial charge in [-0.05, 0) is 17.2 Å². The summed E-state index contributed by atoms with van der Waals surface area (Å²) in [5, 5.41) is -1.17. The highest BCUT2D eigenvalue weighted by molar-refractivity contribution is 6.43. The third kappa shape index (κ3) is 3.03. The molecule has 18 heavy (non-hydrogen) atoms. The van der Waals surface area contributed by atoms with Crippen LogP contribution < -0.4 is 0 Å². The molecule has 0 atom stereocenters. The second-order valence-electron chi connectivity index (χ2n) is 3.58. The van der Waals surface area contributed by atoms with Gasteiger partial charge in [0.15, 0.2) is 0 Å². The van der Waals surface area contributed by atoms with Gasteiger partial charge in [0.2, 0.25) is 0 Å². The maximum Gasteiger partial charge on any atom is 0.341 e. The third-order valence-electron chi connectivity index (χ3n) is 2.43. The molecule has 0 unspecified atom stereocenters. The topological polar surface area (TPSA) is 26.3 Å². The molecule has 0 fully saturated rings. The molecule has 2 aromatic rings. The first-order valence-electron chi connectivity index (χ1n) is 5.32. The Morgan fingerprint density at radius 2 is 1.56 bits per heavy atom. The zero-order valence-corrected chi connectivity index (χ0v) is 10.9. The van der Waals surface area contributed by atoms with Gasteiger partial charge in [0, 0.05) is 0 Å². The molecule has 2 rings (SSSR count). The van der Waals surface area contributed by atoms with Gasteiger partial charge in [-0.15, -0.1) is 0 Å². The zero-order valence-electron chi connectivity index (χ0n) is 9.35. The predicted octanol–water partition coefficient (Wildman–Crippen LogP) is 4.27. The molecule has 0 saturated carbocycles. The lowest BCUT2D eigenvalue weighted by molar-refractivity contribution is 0.0537. The summed E-state index contributed by atoms with van der Waals surface area (Å²) in [6.07, 6.45) is 0. The number of rotatable bonds is 3. The summed E-state index contributed by atoms with van der Waals surface area (Å²) in [6.45, 7) is 0. The van der Waals surface area contributed by atoms with Crippen molar-refractivity contribution in [1.29, 1.82) is 0 Å². The van der Waals surface area contributed by atoms with Gasteiger partial charge in [0.05, 0.1) is 5.56 Å². The summed E-state index contributed by atoms with van der Waals surface area (Å²) in [5.41, 5.74) is 2.16. The van der Waals surface area contributed by atoms with Crippen molar-refractivity contribution in [2.45, 2.75) is 5.02 Å². The molecule has 0 amide bonds. The lowest BCUT2D eigenvalue weighted by Gasteiger charge is -2.09. The van der Waals surface area contributed by atoms with Crippen LogP contribution >= 0.6 is 23.2 Å². The van der Waals surface area contributed by atoms with Crippen LogP contribution in [0.15, 0.2) is 54.6 Å². The van der Waals surface area contributed by atoms with Gasteiger partial charge < -0.3 is 4.74 Å². The molecule has 0 spiro atoms. The van der Waals surface area contributed by atoms with E-state index in [1.807, 2.05) is 42.5 Å². The van der Waals surface area contributed by atoms with Gasteiger partial charge in [-0.2, -0.15) is 0 Å². The van der Waals surface area contributed by atoms with E-state index in [-0.39, 0.29) is 0 Å². The predicted molar refractivity (Wildman–Crippen MR) is 72.8 cm³/mol. The fraction of sp³-hybridized carbons (Fsp3) is 0.0714. The Kier molecular flexibility index (Phi) is 4.24. The van der Waals surface area contributed by atoms with Crippen molar-refractivity contribution < 1.29 is 9.53 Å². The van der Waals surface area contributed by atoms with E-state index in [2.05, 4.69) is 0 Å². The third-order valence-corrected chi connectivity index (χ3v) is 2.61. The van der Waals surface area contributed by atoms with Crippen LogP contribution in [0.3, 0.4) is 0 Å². The molecule has 0 aliphatic rings. The van der Waals surface area contributed by atoms with Crippen molar-refractivity contribution in [3.8, 4) is 11.1 Å². The molecule has 0 aliphatic heterocycles. The van der Waals surface area contributed by atoms with Crippen LogP contribution in [0.4, 0.5) is 0 Å². The summed E-state index contributed by atoms with van der Waals surface area (Å²) in [4.78, 5) is 11.9. The highest BCUT2D eigenvalue weighted by atomic mass is 35.5. The molecule has 4 heteroatoms. The number of halogens is 2. The van der Waals surface area contributed by atoms with Crippen LogP contribution in [0.1, 0.15) is 10.4 Å². The van der Waals surface area contributed by atoms with Crippen LogP contribution in [0.5, 0.6) is 0 Å². The van der Waals surface area contributed by atoms with Crippen LogP contribution in [0, 0.1) is 0 Å². The molecule has 2 aromatic carbocycles. The Hall–Kier alpha value is -1.51. The number of benzene rings is 2. The summed E-state index contributed by atoms with van der Waals surface area (Å²) >= 11 is 10.9. The number of ether oxygens (including phenoxy) is 1. The standard InChI is InChI=1S/C14H10Cl2O2/c15-14(16)18-13(17)12-9-5-4-8-11(12)10-6-2-1-3-7-10/h1-9,14H. The van der Waals surface area contributed by atoms with E-state index in [9.17, 15) is 4.79 Å². The Labute approximate surface area is 115 Å². The fourth-order valence-electron chi connectivity index (χ4n) is 1.67. The first-order valence-corrected chi connectivity index (χ1v) is 6.19. The molecular formula is C14H10Cl2O2. The van der Waals surface area contributed by atoms with Crippen molar-refractivity contribution in [3.05, 3.63) is 60.2 Å². The summed E-state index contributed by atoms with van der Waals surface area (Å²) in [5.74, 6) is -0.538. The van der Waals surface area contributed by atoms with Crippen molar-refractivity contribution in [3.63, 3.8) is 0 Å². The maximum atomic E-state index is 11.9. The average Bonchev–Trinajstić information content (AvgIpc) is 2.39. The Bertz CT molecular complexity index is 539. The molecular weight excluding hydrogens is 271 g/mol. The van der Waals surface area contributed by atoms with E-state index in [0.29, 0.717) is 5.56 Å². The highest BCUT2D eigenvalue weighted by Crippen LogP contribution is 2.24. The van der Waals surface area contributed by atoms with Crippen LogP contribution in [0.25, 0.3) is 11.1 Å². The Balaban J connectivity index is 2.41. The second-order valence-corrected chi connectivity index (χ2v) is 4.59. The molecule has 0 aliphatic carbocycles. The monoisotopic (exact) mass is 280 g/mol. The molecule has 0 bridgehead atoms. The molecule has 92 valence electrons. The van der Waals surface area contributed by atoms with Gasteiger partial charge in [-0.3, -0.25) is 0 Å². The van der Waals surface area contributed by atoms with Gasteiger partial charge in [0.1, 0.15) is 0 Å². The number of carbonyl (C=O) groups excluding carboxylic acids is 1. The molecule has 0 saturated heterocycles.